The molecule has 2 N–H and O–H groups in total. The van der Waals surface area contributed by atoms with Crippen molar-refractivity contribution in [1.82, 2.24) is 10.6 Å². The SMILES string of the molecule is CC1=C(C(=O)OC2CCCC2)C(c2ccccc2F)NC(=O)N1. The van der Waals surface area contributed by atoms with Gasteiger partial charge in [0.15, 0.2) is 0 Å². The fraction of sp³-hybridized carbons (Fsp3) is 0.412. The lowest BCUT2D eigenvalue weighted by molar-refractivity contribution is -0.144. The van der Waals surface area contributed by atoms with E-state index in [-0.39, 0.29) is 17.2 Å². The van der Waals surface area contributed by atoms with Crippen LogP contribution in [-0.4, -0.2) is 18.1 Å². The molecule has 1 unspecified atom stereocenters. The second kappa shape index (κ2) is 6.40. The predicted octanol–water partition coefficient (Wildman–Crippen LogP) is 2.94. The van der Waals surface area contributed by atoms with Crippen molar-refractivity contribution >= 4 is 12.0 Å². The maximum absolute atomic E-state index is 14.1. The zero-order valence-corrected chi connectivity index (χ0v) is 12.9. The molecule has 1 aliphatic heterocycles. The first kappa shape index (κ1) is 15.5. The summed E-state index contributed by atoms with van der Waals surface area (Å²) in [6.45, 7) is 1.62. The lowest BCUT2D eigenvalue weighted by Crippen LogP contribution is -2.45. The first-order valence-corrected chi connectivity index (χ1v) is 7.80. The summed E-state index contributed by atoms with van der Waals surface area (Å²) >= 11 is 0. The Morgan fingerprint density at radius 1 is 1.26 bits per heavy atom. The van der Waals surface area contributed by atoms with Crippen molar-refractivity contribution in [3.05, 3.63) is 46.9 Å². The van der Waals surface area contributed by atoms with Gasteiger partial charge in [0.05, 0.1) is 11.6 Å². The highest BCUT2D eigenvalue weighted by Gasteiger charge is 2.34. The van der Waals surface area contributed by atoms with Crippen LogP contribution in [0.1, 0.15) is 44.2 Å². The van der Waals surface area contributed by atoms with Crippen LogP contribution in [0.5, 0.6) is 0 Å². The van der Waals surface area contributed by atoms with Gasteiger partial charge in [-0.1, -0.05) is 18.2 Å². The van der Waals surface area contributed by atoms with Crippen LogP contribution in [0.3, 0.4) is 0 Å². The van der Waals surface area contributed by atoms with E-state index < -0.39 is 23.9 Å². The molecule has 1 aromatic rings. The Kier molecular flexibility index (Phi) is 4.32. The van der Waals surface area contributed by atoms with Crippen LogP contribution < -0.4 is 10.6 Å². The Labute approximate surface area is 133 Å². The molecular weight excluding hydrogens is 299 g/mol. The van der Waals surface area contributed by atoms with E-state index >= 15 is 0 Å². The maximum Gasteiger partial charge on any atom is 0.338 e. The highest BCUT2D eigenvalue weighted by molar-refractivity contribution is 5.95. The van der Waals surface area contributed by atoms with Gasteiger partial charge in [-0.15, -0.1) is 0 Å². The average molecular weight is 318 g/mol. The minimum atomic E-state index is -0.848. The van der Waals surface area contributed by atoms with E-state index in [2.05, 4.69) is 10.6 Å². The van der Waals surface area contributed by atoms with Gasteiger partial charge in [0, 0.05) is 11.3 Å². The number of ether oxygens (including phenoxy) is 1. The number of nitrogens with one attached hydrogen (secondary N) is 2. The van der Waals surface area contributed by atoms with Crippen LogP contribution >= 0.6 is 0 Å². The van der Waals surface area contributed by atoms with Gasteiger partial charge in [-0.2, -0.15) is 0 Å². The molecule has 1 atom stereocenters. The van der Waals surface area contributed by atoms with E-state index in [1.54, 1.807) is 25.1 Å². The topological polar surface area (TPSA) is 67.4 Å². The summed E-state index contributed by atoms with van der Waals surface area (Å²) in [6.07, 6.45) is 3.69. The molecule has 1 heterocycles. The summed E-state index contributed by atoms with van der Waals surface area (Å²) in [5.41, 5.74) is 0.895. The molecule has 0 bridgehead atoms. The highest BCUT2D eigenvalue weighted by atomic mass is 19.1. The minimum absolute atomic E-state index is 0.0956. The number of amides is 2. The molecule has 1 fully saturated rings. The van der Waals surface area contributed by atoms with Crippen LogP contribution in [0, 0.1) is 5.82 Å². The summed E-state index contributed by atoms with van der Waals surface area (Å²) in [5.74, 6) is -0.978. The number of hydrogen-bond acceptors (Lipinski definition) is 3. The Hall–Kier alpha value is -2.37. The zero-order valence-electron chi connectivity index (χ0n) is 12.9. The molecule has 1 saturated carbocycles. The van der Waals surface area contributed by atoms with E-state index in [1.807, 2.05) is 0 Å². The van der Waals surface area contributed by atoms with E-state index in [0.717, 1.165) is 25.7 Å². The summed E-state index contributed by atoms with van der Waals surface area (Å²) in [4.78, 5) is 24.3. The van der Waals surface area contributed by atoms with Gasteiger partial charge in [-0.25, -0.2) is 14.0 Å². The van der Waals surface area contributed by atoms with E-state index in [4.69, 9.17) is 4.74 Å². The third-order valence-corrected chi connectivity index (χ3v) is 4.28. The minimum Gasteiger partial charge on any atom is -0.459 e. The van der Waals surface area contributed by atoms with Crippen LogP contribution in [-0.2, 0) is 9.53 Å². The monoisotopic (exact) mass is 318 g/mol. The molecule has 0 aromatic heterocycles. The number of halogens is 1. The molecule has 2 aliphatic rings. The Morgan fingerprint density at radius 3 is 2.65 bits per heavy atom. The van der Waals surface area contributed by atoms with E-state index in [1.165, 1.54) is 6.07 Å². The molecule has 23 heavy (non-hydrogen) atoms. The molecule has 0 spiro atoms. The van der Waals surface area contributed by atoms with Gasteiger partial charge >= 0.3 is 12.0 Å². The van der Waals surface area contributed by atoms with Crippen molar-refractivity contribution in [3.8, 4) is 0 Å². The van der Waals surface area contributed by atoms with Crippen molar-refractivity contribution in [3.63, 3.8) is 0 Å². The molecule has 6 heteroatoms. The van der Waals surface area contributed by atoms with E-state index in [0.29, 0.717) is 5.70 Å². The van der Waals surface area contributed by atoms with Crippen molar-refractivity contribution in [2.24, 2.45) is 0 Å². The lowest BCUT2D eigenvalue weighted by atomic mass is 9.95. The second-order valence-corrected chi connectivity index (χ2v) is 5.90. The van der Waals surface area contributed by atoms with Gasteiger partial charge in [0.2, 0.25) is 0 Å². The number of benzene rings is 1. The molecule has 1 aromatic carbocycles. The summed E-state index contributed by atoms with van der Waals surface area (Å²) in [6, 6.07) is 4.78. The average Bonchev–Trinajstić information content (AvgIpc) is 2.99. The molecule has 5 nitrogen and oxygen atoms in total. The number of carbonyl (C=O) groups is 2. The fourth-order valence-corrected chi connectivity index (χ4v) is 3.13. The molecule has 3 rings (SSSR count). The summed E-state index contributed by atoms with van der Waals surface area (Å²) in [5, 5.41) is 5.17. The zero-order chi connectivity index (χ0) is 16.4. The van der Waals surface area contributed by atoms with Crippen LogP contribution in [0.4, 0.5) is 9.18 Å². The molecule has 2 amide bonds. The second-order valence-electron chi connectivity index (χ2n) is 5.90. The van der Waals surface area contributed by atoms with Gasteiger partial charge in [-0.05, 0) is 38.7 Å². The molecule has 1 aliphatic carbocycles. The third-order valence-electron chi connectivity index (χ3n) is 4.28. The molecule has 0 saturated heterocycles. The standard InChI is InChI=1S/C17H19FN2O3/c1-10-14(16(21)23-11-6-2-3-7-11)15(20-17(22)19-10)12-8-4-5-9-13(12)18/h4-5,8-9,11,15H,2-3,6-7H2,1H3,(H2,19,20,22). The van der Waals surface area contributed by atoms with Gasteiger partial charge in [0.1, 0.15) is 11.9 Å². The van der Waals surface area contributed by atoms with Crippen LogP contribution in [0.2, 0.25) is 0 Å². The largest absolute Gasteiger partial charge is 0.459 e. The summed E-state index contributed by atoms with van der Waals surface area (Å²) < 4.78 is 19.7. The number of carbonyl (C=O) groups excluding carboxylic acids is 2. The number of esters is 1. The number of hydrogen-bond donors (Lipinski definition) is 2. The Bertz CT molecular complexity index is 666. The number of urea groups is 1. The maximum atomic E-state index is 14.1. The normalized spacial score (nSPS) is 21.8. The van der Waals surface area contributed by atoms with Gasteiger partial charge in [-0.3, -0.25) is 0 Å². The molecular formula is C17H19FN2O3. The third kappa shape index (κ3) is 3.21. The lowest BCUT2D eigenvalue weighted by Gasteiger charge is -2.29. The van der Waals surface area contributed by atoms with Gasteiger partial charge < -0.3 is 15.4 Å². The summed E-state index contributed by atoms with van der Waals surface area (Å²) in [7, 11) is 0. The Balaban J connectivity index is 1.92. The smallest absolute Gasteiger partial charge is 0.338 e. The van der Waals surface area contributed by atoms with Gasteiger partial charge in [0.25, 0.3) is 0 Å². The van der Waals surface area contributed by atoms with Crippen LogP contribution in [0.15, 0.2) is 35.5 Å². The first-order chi connectivity index (χ1) is 11.1. The quantitative estimate of drug-likeness (QED) is 0.842. The van der Waals surface area contributed by atoms with Crippen molar-refractivity contribution in [2.75, 3.05) is 0 Å². The molecule has 0 radical (unpaired) electrons. The predicted molar refractivity (Wildman–Crippen MR) is 81.9 cm³/mol. The van der Waals surface area contributed by atoms with Crippen molar-refractivity contribution in [1.29, 1.82) is 0 Å². The van der Waals surface area contributed by atoms with Crippen molar-refractivity contribution in [2.45, 2.75) is 44.8 Å². The van der Waals surface area contributed by atoms with Crippen molar-refractivity contribution < 1.29 is 18.7 Å². The highest BCUT2D eigenvalue weighted by Crippen LogP contribution is 2.31. The van der Waals surface area contributed by atoms with Crippen LogP contribution in [0.25, 0.3) is 0 Å². The first-order valence-electron chi connectivity index (χ1n) is 7.80. The van der Waals surface area contributed by atoms with E-state index in [9.17, 15) is 14.0 Å². The Morgan fingerprint density at radius 2 is 1.96 bits per heavy atom. The molecule has 122 valence electrons. The number of rotatable bonds is 3. The fourth-order valence-electron chi connectivity index (χ4n) is 3.13. The number of allylic oxidation sites excluding steroid dienone is 1.